The predicted molar refractivity (Wildman–Crippen MR) is 79.2 cm³/mol. The number of hydrogen-bond donors (Lipinski definition) is 1. The Morgan fingerprint density at radius 1 is 1.42 bits per heavy atom. The van der Waals surface area contributed by atoms with Crippen LogP contribution in [0.1, 0.15) is 33.5 Å². The van der Waals surface area contributed by atoms with E-state index in [1.807, 2.05) is 6.20 Å². The monoisotopic (exact) mass is 264 g/mol. The van der Waals surface area contributed by atoms with Gasteiger partial charge in [0.1, 0.15) is 5.82 Å². The maximum Gasteiger partial charge on any atom is 0.105 e. The van der Waals surface area contributed by atoms with Crippen LogP contribution in [-0.2, 0) is 6.54 Å². The molecule has 19 heavy (non-hydrogen) atoms. The van der Waals surface area contributed by atoms with Crippen molar-refractivity contribution in [3.05, 3.63) is 18.2 Å². The molecule has 0 aliphatic carbocycles. The third-order valence-corrected chi connectivity index (χ3v) is 4.41. The number of aromatic nitrogens is 2. The predicted octanol–water partition coefficient (Wildman–Crippen LogP) is 1.90. The highest BCUT2D eigenvalue weighted by atomic mass is 15.3. The maximum atomic E-state index is 4.29. The van der Waals surface area contributed by atoms with Gasteiger partial charge in [-0.3, -0.25) is 4.90 Å². The number of nitrogens with zero attached hydrogens (tertiary/aromatic N) is 3. The summed E-state index contributed by atoms with van der Waals surface area (Å²) in [7, 11) is 0. The van der Waals surface area contributed by atoms with Gasteiger partial charge in [0.25, 0.3) is 0 Å². The maximum absolute atomic E-state index is 4.29. The van der Waals surface area contributed by atoms with Crippen LogP contribution in [0.4, 0.5) is 0 Å². The average Bonchev–Trinajstić information content (AvgIpc) is 2.73. The van der Waals surface area contributed by atoms with Crippen LogP contribution < -0.4 is 5.32 Å². The topological polar surface area (TPSA) is 33.1 Å². The van der Waals surface area contributed by atoms with E-state index in [1.165, 1.54) is 0 Å². The molecule has 1 unspecified atom stereocenters. The van der Waals surface area contributed by atoms with E-state index in [0.29, 0.717) is 12.0 Å². The highest BCUT2D eigenvalue weighted by Gasteiger charge is 2.34. The van der Waals surface area contributed by atoms with Crippen LogP contribution in [0.15, 0.2) is 12.4 Å². The lowest BCUT2D eigenvalue weighted by Crippen LogP contribution is -2.63. The molecule has 2 heterocycles. The van der Waals surface area contributed by atoms with Gasteiger partial charge in [-0.05, 0) is 26.7 Å². The Kier molecular flexibility index (Phi) is 4.31. The minimum absolute atomic E-state index is 0.236. The first kappa shape index (κ1) is 14.5. The second-order valence-electron chi connectivity index (χ2n) is 6.66. The molecule has 108 valence electrons. The Labute approximate surface area is 117 Å². The van der Waals surface area contributed by atoms with E-state index >= 15 is 0 Å². The van der Waals surface area contributed by atoms with Gasteiger partial charge < -0.3 is 9.88 Å². The first-order valence-electron chi connectivity index (χ1n) is 7.36. The van der Waals surface area contributed by atoms with E-state index in [-0.39, 0.29) is 5.54 Å². The lowest BCUT2D eigenvalue weighted by molar-refractivity contribution is 0.0514. The molecule has 2 rings (SSSR count). The molecule has 4 nitrogen and oxygen atoms in total. The average molecular weight is 264 g/mol. The fourth-order valence-corrected chi connectivity index (χ4v) is 2.75. The largest absolute Gasteiger partial charge is 0.334 e. The number of piperazine rings is 1. The van der Waals surface area contributed by atoms with Crippen LogP contribution in [-0.4, -0.2) is 45.7 Å². The molecule has 4 heteroatoms. The van der Waals surface area contributed by atoms with Crippen LogP contribution in [0.2, 0.25) is 0 Å². The first-order valence-corrected chi connectivity index (χ1v) is 7.36. The summed E-state index contributed by atoms with van der Waals surface area (Å²) in [5.74, 6) is 1.79. The minimum atomic E-state index is 0.236. The lowest BCUT2D eigenvalue weighted by Gasteiger charge is -2.47. The summed E-state index contributed by atoms with van der Waals surface area (Å²) in [4.78, 5) is 6.91. The fraction of sp³-hybridized carbons (Fsp3) is 0.800. The molecule has 1 saturated heterocycles. The van der Waals surface area contributed by atoms with E-state index in [2.05, 4.69) is 60.6 Å². The van der Waals surface area contributed by atoms with Gasteiger partial charge in [0.15, 0.2) is 0 Å². The van der Waals surface area contributed by atoms with Gasteiger partial charge in [-0.1, -0.05) is 13.8 Å². The van der Waals surface area contributed by atoms with E-state index in [4.69, 9.17) is 0 Å². The molecule has 0 saturated carbocycles. The van der Waals surface area contributed by atoms with Gasteiger partial charge in [-0.25, -0.2) is 4.98 Å². The van der Waals surface area contributed by atoms with Crippen molar-refractivity contribution in [1.82, 2.24) is 19.8 Å². The van der Waals surface area contributed by atoms with Gasteiger partial charge in [0, 0.05) is 50.2 Å². The second-order valence-corrected chi connectivity index (χ2v) is 6.66. The SMILES string of the molecule is Cc1nccn1CCN1CC(C(C)C)NCC1(C)C. The molecule has 1 aliphatic heterocycles. The Balaban J connectivity index is 1.97. The van der Waals surface area contributed by atoms with Gasteiger partial charge in [0.05, 0.1) is 0 Å². The number of aryl methyl sites for hydroxylation is 1. The highest BCUT2D eigenvalue weighted by Crippen LogP contribution is 2.21. The summed E-state index contributed by atoms with van der Waals surface area (Å²) in [5.41, 5.74) is 0.236. The zero-order chi connectivity index (χ0) is 14.0. The second kappa shape index (κ2) is 5.63. The quantitative estimate of drug-likeness (QED) is 0.901. The molecule has 0 amide bonds. The van der Waals surface area contributed by atoms with Crippen LogP contribution >= 0.6 is 0 Å². The number of rotatable bonds is 4. The Hall–Kier alpha value is -0.870. The molecule has 0 bridgehead atoms. The summed E-state index contributed by atoms with van der Waals surface area (Å²) < 4.78 is 2.24. The summed E-state index contributed by atoms with van der Waals surface area (Å²) in [6.45, 7) is 15.7. The van der Waals surface area contributed by atoms with Crippen LogP contribution in [0.3, 0.4) is 0 Å². The summed E-state index contributed by atoms with van der Waals surface area (Å²) >= 11 is 0. The molecule has 1 fully saturated rings. The van der Waals surface area contributed by atoms with Crippen molar-refractivity contribution >= 4 is 0 Å². The van der Waals surface area contributed by atoms with Crippen molar-refractivity contribution in [1.29, 1.82) is 0 Å². The first-order chi connectivity index (χ1) is 8.90. The number of hydrogen-bond acceptors (Lipinski definition) is 3. The third-order valence-electron chi connectivity index (χ3n) is 4.41. The molecular formula is C15H28N4. The number of nitrogens with one attached hydrogen (secondary N) is 1. The standard InChI is InChI=1S/C15H28N4/c1-12(2)14-10-19(15(4,5)11-17-14)9-8-18-7-6-16-13(18)3/h6-7,12,14,17H,8-11H2,1-5H3. The third kappa shape index (κ3) is 3.37. The zero-order valence-electron chi connectivity index (χ0n) is 13.0. The van der Waals surface area contributed by atoms with Crippen molar-refractivity contribution in [2.75, 3.05) is 19.6 Å². The van der Waals surface area contributed by atoms with Gasteiger partial charge >= 0.3 is 0 Å². The van der Waals surface area contributed by atoms with Crippen molar-refractivity contribution in [2.24, 2.45) is 5.92 Å². The number of imidazole rings is 1. The highest BCUT2D eigenvalue weighted by molar-refractivity contribution is 4.95. The van der Waals surface area contributed by atoms with E-state index in [9.17, 15) is 0 Å². The Morgan fingerprint density at radius 2 is 2.16 bits per heavy atom. The van der Waals surface area contributed by atoms with Gasteiger partial charge in [-0.2, -0.15) is 0 Å². The zero-order valence-corrected chi connectivity index (χ0v) is 13.0. The summed E-state index contributed by atoms with van der Waals surface area (Å²) in [5, 5.41) is 3.68. The molecular weight excluding hydrogens is 236 g/mol. The van der Waals surface area contributed by atoms with Crippen molar-refractivity contribution in [3.63, 3.8) is 0 Å². The Morgan fingerprint density at radius 3 is 2.74 bits per heavy atom. The molecule has 1 aromatic rings. The molecule has 0 radical (unpaired) electrons. The van der Waals surface area contributed by atoms with Gasteiger partial charge in [0.2, 0.25) is 0 Å². The molecule has 0 spiro atoms. The summed E-state index contributed by atoms with van der Waals surface area (Å²) in [6, 6.07) is 0.608. The van der Waals surface area contributed by atoms with E-state index < -0.39 is 0 Å². The molecule has 1 atom stereocenters. The van der Waals surface area contributed by atoms with Crippen molar-refractivity contribution in [2.45, 2.75) is 52.7 Å². The lowest BCUT2D eigenvalue weighted by atomic mass is 9.93. The van der Waals surface area contributed by atoms with Crippen LogP contribution in [0.5, 0.6) is 0 Å². The molecule has 1 aromatic heterocycles. The van der Waals surface area contributed by atoms with Crippen molar-refractivity contribution < 1.29 is 0 Å². The van der Waals surface area contributed by atoms with Crippen LogP contribution in [0, 0.1) is 12.8 Å². The van der Waals surface area contributed by atoms with E-state index in [1.54, 1.807) is 0 Å². The Bertz CT molecular complexity index is 408. The summed E-state index contributed by atoms with van der Waals surface area (Å²) in [6.07, 6.45) is 3.96. The minimum Gasteiger partial charge on any atom is -0.334 e. The smallest absolute Gasteiger partial charge is 0.105 e. The molecule has 0 aromatic carbocycles. The van der Waals surface area contributed by atoms with Crippen molar-refractivity contribution in [3.8, 4) is 0 Å². The van der Waals surface area contributed by atoms with E-state index in [0.717, 1.165) is 32.0 Å². The van der Waals surface area contributed by atoms with Crippen LogP contribution in [0.25, 0.3) is 0 Å². The molecule has 1 N–H and O–H groups in total. The normalized spacial score (nSPS) is 24.0. The fourth-order valence-electron chi connectivity index (χ4n) is 2.75. The van der Waals surface area contributed by atoms with Gasteiger partial charge in [-0.15, -0.1) is 0 Å². The molecule has 1 aliphatic rings.